The number of aromatic nitrogens is 3. The number of ether oxygens (including phenoxy) is 1. The zero-order chi connectivity index (χ0) is 22.2. The lowest BCUT2D eigenvalue weighted by molar-refractivity contribution is 0.401. The molecule has 2 aromatic carbocycles. The van der Waals surface area contributed by atoms with E-state index in [1.54, 1.807) is 13.4 Å². The third-order valence-corrected chi connectivity index (χ3v) is 6.12. The fraction of sp³-hybridized carbons (Fsp3) is 0.280. The third kappa shape index (κ3) is 3.53. The summed E-state index contributed by atoms with van der Waals surface area (Å²) >= 11 is 0. The number of aryl methyl sites for hydroxylation is 1. The molecule has 0 aliphatic carbocycles. The van der Waals surface area contributed by atoms with Gasteiger partial charge in [-0.15, -0.1) is 0 Å². The minimum absolute atomic E-state index is 0.0526. The lowest BCUT2D eigenvalue weighted by Crippen LogP contribution is -2.31. The van der Waals surface area contributed by atoms with Crippen molar-refractivity contribution in [2.24, 2.45) is 0 Å². The molecule has 1 aliphatic heterocycles. The van der Waals surface area contributed by atoms with Gasteiger partial charge in [-0.2, -0.15) is 0 Å². The van der Waals surface area contributed by atoms with Gasteiger partial charge in [0.15, 0.2) is 0 Å². The maximum Gasteiger partial charge on any atom is 0.231 e. The molecule has 0 amide bonds. The maximum absolute atomic E-state index is 13.4. The summed E-state index contributed by atoms with van der Waals surface area (Å²) in [6.07, 6.45) is 5.63. The molecule has 3 heterocycles. The van der Waals surface area contributed by atoms with Gasteiger partial charge in [-0.05, 0) is 56.5 Å². The average Bonchev–Trinajstić information content (AvgIpc) is 3.45. The van der Waals surface area contributed by atoms with Crippen molar-refractivity contribution >= 4 is 5.88 Å². The minimum Gasteiger partial charge on any atom is -0.495 e. The molecule has 2 aromatic heterocycles. The van der Waals surface area contributed by atoms with Crippen molar-refractivity contribution in [3.05, 3.63) is 77.6 Å². The molecule has 0 saturated heterocycles. The number of anilines is 1. The molecular weight excluding hydrogens is 407 g/mol. The maximum atomic E-state index is 13.4. The Balaban J connectivity index is 1.49. The zero-order valence-corrected chi connectivity index (χ0v) is 18.4. The Kier molecular flexibility index (Phi) is 5.17. The summed E-state index contributed by atoms with van der Waals surface area (Å²) in [5.74, 6) is 1.30. The number of halogens is 1. The molecule has 4 aromatic rings. The van der Waals surface area contributed by atoms with Crippen LogP contribution in [0.1, 0.15) is 36.2 Å². The van der Waals surface area contributed by atoms with Gasteiger partial charge in [0.25, 0.3) is 0 Å². The Morgan fingerprint density at radius 1 is 1.16 bits per heavy atom. The Morgan fingerprint density at radius 2 is 1.97 bits per heavy atom. The zero-order valence-electron chi connectivity index (χ0n) is 18.4. The lowest BCUT2D eigenvalue weighted by Gasteiger charge is -2.32. The molecule has 32 heavy (non-hydrogen) atoms. The number of nitrogens with zero attached hydrogens (tertiary/aromatic N) is 4. The number of hydrogen-bond donors (Lipinski definition) is 0. The van der Waals surface area contributed by atoms with Crippen LogP contribution in [0.2, 0.25) is 0 Å². The van der Waals surface area contributed by atoms with E-state index >= 15 is 0 Å². The van der Waals surface area contributed by atoms with Crippen LogP contribution < -0.4 is 9.64 Å². The van der Waals surface area contributed by atoms with E-state index in [0.717, 1.165) is 64.8 Å². The standard InChI is InChI=1S/C25H25FN4O2/c1-16-14-29(15-27-16)22-11-8-19(13-23(22)31-3)24-21-5-4-12-30(25(21)32-28-24)17(2)18-6-9-20(26)10-7-18/h6-11,13-15,17H,4-5,12H2,1-3H3/t17-/m1/s1. The van der Waals surface area contributed by atoms with Gasteiger partial charge < -0.3 is 18.7 Å². The highest BCUT2D eigenvalue weighted by Crippen LogP contribution is 2.40. The lowest BCUT2D eigenvalue weighted by atomic mass is 9.98. The Morgan fingerprint density at radius 3 is 2.69 bits per heavy atom. The van der Waals surface area contributed by atoms with Crippen LogP contribution in [0.3, 0.4) is 0 Å². The first kappa shape index (κ1) is 20.3. The summed E-state index contributed by atoms with van der Waals surface area (Å²) in [7, 11) is 1.66. The number of benzene rings is 2. The van der Waals surface area contributed by atoms with Gasteiger partial charge in [0, 0.05) is 23.9 Å². The predicted molar refractivity (Wildman–Crippen MR) is 121 cm³/mol. The fourth-order valence-electron chi connectivity index (χ4n) is 4.39. The SMILES string of the molecule is COc1cc(-c2noc3c2CCCN3[C@H](C)c2ccc(F)cc2)ccc1-n1cnc(C)c1. The first-order valence-corrected chi connectivity index (χ1v) is 10.7. The van der Waals surface area contributed by atoms with E-state index in [0.29, 0.717) is 0 Å². The molecule has 0 spiro atoms. The minimum atomic E-state index is -0.231. The van der Waals surface area contributed by atoms with Crippen LogP contribution in [-0.4, -0.2) is 28.4 Å². The van der Waals surface area contributed by atoms with Gasteiger partial charge in [-0.1, -0.05) is 23.4 Å². The summed E-state index contributed by atoms with van der Waals surface area (Å²) in [6, 6.07) is 12.7. The number of methoxy groups -OCH3 is 1. The second kappa shape index (κ2) is 8.15. The van der Waals surface area contributed by atoms with Gasteiger partial charge in [0.05, 0.1) is 30.9 Å². The van der Waals surface area contributed by atoms with Crippen molar-refractivity contribution in [1.82, 2.24) is 14.7 Å². The molecule has 0 saturated carbocycles. The molecular formula is C25H25FN4O2. The third-order valence-electron chi connectivity index (χ3n) is 6.12. The van der Waals surface area contributed by atoms with Crippen molar-refractivity contribution in [2.75, 3.05) is 18.6 Å². The molecule has 7 heteroatoms. The van der Waals surface area contributed by atoms with Gasteiger partial charge >= 0.3 is 0 Å². The van der Waals surface area contributed by atoms with Crippen molar-refractivity contribution in [1.29, 1.82) is 0 Å². The van der Waals surface area contributed by atoms with E-state index in [1.165, 1.54) is 12.1 Å². The fourth-order valence-corrected chi connectivity index (χ4v) is 4.39. The molecule has 5 rings (SSSR count). The molecule has 1 atom stereocenters. The Labute approximate surface area is 186 Å². The number of rotatable bonds is 5. The molecule has 0 bridgehead atoms. The summed E-state index contributed by atoms with van der Waals surface area (Å²) in [4.78, 5) is 6.52. The molecule has 0 unspecified atom stereocenters. The van der Waals surface area contributed by atoms with E-state index < -0.39 is 0 Å². The smallest absolute Gasteiger partial charge is 0.231 e. The van der Waals surface area contributed by atoms with Crippen LogP contribution >= 0.6 is 0 Å². The van der Waals surface area contributed by atoms with Crippen LogP contribution in [0.4, 0.5) is 10.3 Å². The van der Waals surface area contributed by atoms with Crippen molar-refractivity contribution < 1.29 is 13.7 Å². The molecule has 1 aliphatic rings. The van der Waals surface area contributed by atoms with Gasteiger partial charge in [0.2, 0.25) is 5.88 Å². The highest BCUT2D eigenvalue weighted by atomic mass is 19.1. The molecule has 6 nitrogen and oxygen atoms in total. The first-order chi connectivity index (χ1) is 15.5. The highest BCUT2D eigenvalue weighted by molar-refractivity contribution is 5.72. The van der Waals surface area contributed by atoms with Crippen LogP contribution in [0.25, 0.3) is 16.9 Å². The number of imidazole rings is 1. The molecule has 0 radical (unpaired) electrons. The Bertz CT molecular complexity index is 1250. The number of hydrogen-bond acceptors (Lipinski definition) is 5. The molecule has 0 N–H and O–H groups in total. The van der Waals surface area contributed by atoms with E-state index in [2.05, 4.69) is 22.0 Å². The second-order valence-electron chi connectivity index (χ2n) is 8.15. The second-order valence-corrected chi connectivity index (χ2v) is 8.15. The first-order valence-electron chi connectivity index (χ1n) is 10.7. The van der Waals surface area contributed by atoms with E-state index in [9.17, 15) is 4.39 Å². The van der Waals surface area contributed by atoms with Crippen LogP contribution in [0.5, 0.6) is 5.75 Å². The van der Waals surface area contributed by atoms with Crippen molar-refractivity contribution in [3.63, 3.8) is 0 Å². The topological polar surface area (TPSA) is 56.3 Å². The monoisotopic (exact) mass is 432 g/mol. The summed E-state index contributed by atoms with van der Waals surface area (Å²) in [6.45, 7) is 4.93. The van der Waals surface area contributed by atoms with Gasteiger partial charge in [0.1, 0.15) is 17.3 Å². The van der Waals surface area contributed by atoms with Crippen LogP contribution in [0.15, 0.2) is 59.5 Å². The van der Waals surface area contributed by atoms with Crippen LogP contribution in [0, 0.1) is 12.7 Å². The van der Waals surface area contributed by atoms with Crippen LogP contribution in [-0.2, 0) is 6.42 Å². The summed E-state index contributed by atoms with van der Waals surface area (Å²) in [5.41, 5.74) is 5.78. The average molecular weight is 432 g/mol. The predicted octanol–water partition coefficient (Wildman–Crippen LogP) is 5.50. The normalized spacial score (nSPS) is 14.3. The summed E-state index contributed by atoms with van der Waals surface area (Å²) < 4.78 is 26.8. The van der Waals surface area contributed by atoms with Gasteiger partial charge in [-0.25, -0.2) is 9.37 Å². The largest absolute Gasteiger partial charge is 0.495 e. The summed E-state index contributed by atoms with van der Waals surface area (Å²) in [5, 5.41) is 4.44. The van der Waals surface area contributed by atoms with E-state index in [-0.39, 0.29) is 11.9 Å². The van der Waals surface area contributed by atoms with E-state index in [1.807, 2.05) is 48.0 Å². The van der Waals surface area contributed by atoms with Crippen molar-refractivity contribution in [2.45, 2.75) is 32.7 Å². The Hall–Kier alpha value is -3.61. The highest BCUT2D eigenvalue weighted by Gasteiger charge is 2.30. The molecule has 164 valence electrons. The van der Waals surface area contributed by atoms with E-state index in [4.69, 9.17) is 9.26 Å². The number of fused-ring (bicyclic) bond motifs is 1. The quantitative estimate of drug-likeness (QED) is 0.417. The molecule has 0 fully saturated rings. The van der Waals surface area contributed by atoms with Gasteiger partial charge in [-0.3, -0.25) is 0 Å². The van der Waals surface area contributed by atoms with Crippen molar-refractivity contribution in [3.8, 4) is 22.7 Å².